The molecule has 1 aromatic carbocycles. The number of hydrogen-bond donors (Lipinski definition) is 1. The number of pyridine rings is 2. The molecule has 6 nitrogen and oxygen atoms in total. The minimum absolute atomic E-state index is 0.152. The number of halogens is 1. The van der Waals surface area contributed by atoms with Crippen LogP contribution in [0.2, 0.25) is 0 Å². The summed E-state index contributed by atoms with van der Waals surface area (Å²) < 4.78 is 25.0. The lowest BCUT2D eigenvalue weighted by molar-refractivity contribution is -0.0188. The lowest BCUT2D eigenvalue weighted by Crippen LogP contribution is -2.41. The number of hydrogen-bond acceptors (Lipinski definition) is 5. The highest BCUT2D eigenvalue weighted by molar-refractivity contribution is 5.93. The van der Waals surface area contributed by atoms with Crippen molar-refractivity contribution in [3.8, 4) is 17.0 Å². The Morgan fingerprint density at radius 1 is 1.23 bits per heavy atom. The fourth-order valence-electron chi connectivity index (χ4n) is 3.65. The molecular weight excluding hydrogens is 385 g/mol. The van der Waals surface area contributed by atoms with E-state index in [0.29, 0.717) is 34.7 Å². The van der Waals surface area contributed by atoms with Gasteiger partial charge in [-0.2, -0.15) is 0 Å². The third-order valence-electron chi connectivity index (χ3n) is 4.76. The summed E-state index contributed by atoms with van der Waals surface area (Å²) in [5.41, 5.74) is 7.42. The number of amides is 1. The van der Waals surface area contributed by atoms with E-state index in [2.05, 4.69) is 9.97 Å². The second-order valence-electron chi connectivity index (χ2n) is 8.11. The molecule has 0 aliphatic heterocycles. The van der Waals surface area contributed by atoms with Crippen LogP contribution in [0.3, 0.4) is 0 Å². The molecule has 2 N–H and O–H groups in total. The average molecular weight is 411 g/mol. The van der Waals surface area contributed by atoms with Crippen LogP contribution in [0.4, 0.5) is 9.18 Å². The van der Waals surface area contributed by atoms with E-state index in [0.717, 1.165) is 11.1 Å². The van der Waals surface area contributed by atoms with Crippen molar-refractivity contribution >= 4 is 17.0 Å². The first-order valence-corrected chi connectivity index (χ1v) is 9.79. The average Bonchev–Trinajstić information content (AvgIpc) is 2.65. The molecule has 0 aliphatic carbocycles. The van der Waals surface area contributed by atoms with Crippen LogP contribution in [0.1, 0.15) is 32.8 Å². The minimum atomic E-state index is -0.843. The third kappa shape index (κ3) is 5.03. The van der Waals surface area contributed by atoms with E-state index in [1.165, 1.54) is 12.1 Å². The molecule has 0 bridgehead atoms. The summed E-state index contributed by atoms with van der Waals surface area (Å²) in [6, 6.07) is 8.18. The van der Waals surface area contributed by atoms with Gasteiger partial charge in [-0.1, -0.05) is 13.8 Å². The Bertz CT molecular complexity index is 1070. The van der Waals surface area contributed by atoms with Crippen LogP contribution in [0.5, 0.6) is 5.75 Å². The predicted molar refractivity (Wildman–Crippen MR) is 114 cm³/mol. The molecule has 1 atom stereocenters. The van der Waals surface area contributed by atoms with Crippen molar-refractivity contribution in [3.63, 3.8) is 0 Å². The van der Waals surface area contributed by atoms with Crippen LogP contribution in [0.25, 0.3) is 22.2 Å². The smallest absolute Gasteiger partial charge is 0.405 e. The maximum absolute atomic E-state index is 13.8. The summed E-state index contributed by atoms with van der Waals surface area (Å²) in [6.07, 6.45) is 3.07. The van der Waals surface area contributed by atoms with Gasteiger partial charge >= 0.3 is 6.09 Å². The Labute approximate surface area is 175 Å². The molecule has 1 amide bonds. The summed E-state index contributed by atoms with van der Waals surface area (Å²) in [5.74, 6) is 0.540. The van der Waals surface area contributed by atoms with Crippen molar-refractivity contribution in [2.24, 2.45) is 11.7 Å². The van der Waals surface area contributed by atoms with Crippen LogP contribution >= 0.6 is 0 Å². The largest absolute Gasteiger partial charge is 0.488 e. The molecule has 0 unspecified atom stereocenters. The lowest BCUT2D eigenvalue weighted by atomic mass is 9.95. The summed E-state index contributed by atoms with van der Waals surface area (Å²) in [5, 5.41) is 0.692. The first kappa shape index (κ1) is 21.5. The second kappa shape index (κ2) is 8.65. The number of ether oxygens (including phenoxy) is 2. The number of carbonyl (C=O) groups is 1. The molecule has 2 heterocycles. The first-order chi connectivity index (χ1) is 14.2. The maximum Gasteiger partial charge on any atom is 0.405 e. The van der Waals surface area contributed by atoms with Gasteiger partial charge in [0.05, 0.1) is 17.4 Å². The van der Waals surface area contributed by atoms with Gasteiger partial charge in [0, 0.05) is 17.1 Å². The molecule has 2 aromatic heterocycles. The highest BCUT2D eigenvalue weighted by Crippen LogP contribution is 2.30. The summed E-state index contributed by atoms with van der Waals surface area (Å²) in [4.78, 5) is 20.1. The summed E-state index contributed by atoms with van der Waals surface area (Å²) in [6.45, 7) is 7.92. The van der Waals surface area contributed by atoms with Gasteiger partial charge in [0.1, 0.15) is 23.8 Å². The van der Waals surface area contributed by atoms with E-state index in [-0.39, 0.29) is 12.4 Å². The van der Waals surface area contributed by atoms with E-state index in [9.17, 15) is 9.18 Å². The number of nitrogens with zero attached hydrogens (tertiary/aromatic N) is 2. The zero-order valence-corrected chi connectivity index (χ0v) is 17.6. The Morgan fingerprint density at radius 3 is 2.67 bits per heavy atom. The highest BCUT2D eigenvalue weighted by atomic mass is 19.1. The van der Waals surface area contributed by atoms with Crippen molar-refractivity contribution in [2.75, 3.05) is 6.61 Å². The monoisotopic (exact) mass is 411 g/mol. The Morgan fingerprint density at radius 2 is 2.00 bits per heavy atom. The van der Waals surface area contributed by atoms with Crippen LogP contribution in [-0.4, -0.2) is 28.3 Å². The van der Waals surface area contributed by atoms with Gasteiger partial charge in [-0.25, -0.2) is 9.18 Å². The van der Waals surface area contributed by atoms with Crippen molar-refractivity contribution in [1.29, 1.82) is 0 Å². The minimum Gasteiger partial charge on any atom is -0.488 e. The number of aryl methyl sites for hydroxylation is 1. The van der Waals surface area contributed by atoms with E-state index >= 15 is 0 Å². The number of rotatable bonds is 7. The Kier molecular flexibility index (Phi) is 6.20. The van der Waals surface area contributed by atoms with E-state index in [1.54, 1.807) is 25.4 Å². The van der Waals surface area contributed by atoms with E-state index in [4.69, 9.17) is 15.2 Å². The fraction of sp³-hybridized carbons (Fsp3) is 0.348. The van der Waals surface area contributed by atoms with Gasteiger partial charge in [-0.15, -0.1) is 0 Å². The van der Waals surface area contributed by atoms with Gasteiger partial charge in [0.25, 0.3) is 0 Å². The maximum atomic E-state index is 13.8. The molecule has 0 spiro atoms. The molecule has 0 fully saturated rings. The van der Waals surface area contributed by atoms with E-state index in [1.807, 2.05) is 32.9 Å². The van der Waals surface area contributed by atoms with Crippen LogP contribution in [0, 0.1) is 18.7 Å². The number of benzene rings is 1. The van der Waals surface area contributed by atoms with Gasteiger partial charge in [-0.3, -0.25) is 9.97 Å². The SMILES string of the molecule is Cc1cc(-c2ccnc3ccc(F)cc23)ncc1OC[C@](C)(CC(C)C)OC(N)=O. The second-order valence-corrected chi connectivity index (χ2v) is 8.11. The Balaban J connectivity index is 1.86. The zero-order valence-electron chi connectivity index (χ0n) is 17.6. The molecule has 0 radical (unpaired) electrons. The van der Waals surface area contributed by atoms with E-state index < -0.39 is 11.7 Å². The highest BCUT2D eigenvalue weighted by Gasteiger charge is 2.30. The van der Waals surface area contributed by atoms with Crippen molar-refractivity contribution in [2.45, 2.75) is 39.7 Å². The first-order valence-electron chi connectivity index (χ1n) is 9.79. The van der Waals surface area contributed by atoms with Gasteiger partial charge in [0.15, 0.2) is 0 Å². The summed E-state index contributed by atoms with van der Waals surface area (Å²) >= 11 is 0. The Hall–Kier alpha value is -3.22. The standard InChI is InChI=1S/C23H26FN3O3/c1-14(2)11-23(4,30-22(25)28)13-29-21-12-27-20(9-15(21)3)17-7-8-26-19-6-5-16(24)10-18(17)19/h5-10,12,14H,11,13H2,1-4H3,(H2,25,28)/t23-/m0/s1. The van der Waals surface area contributed by atoms with Gasteiger partial charge in [-0.05, 0) is 62.1 Å². The molecular formula is C23H26FN3O3. The van der Waals surface area contributed by atoms with Crippen LogP contribution in [-0.2, 0) is 4.74 Å². The lowest BCUT2D eigenvalue weighted by Gasteiger charge is -2.30. The van der Waals surface area contributed by atoms with Crippen molar-refractivity contribution in [3.05, 3.63) is 54.1 Å². The molecule has 3 rings (SSSR count). The number of fused-ring (bicyclic) bond motifs is 1. The number of aromatic nitrogens is 2. The summed E-state index contributed by atoms with van der Waals surface area (Å²) in [7, 11) is 0. The fourth-order valence-corrected chi connectivity index (χ4v) is 3.65. The molecule has 3 aromatic rings. The van der Waals surface area contributed by atoms with Crippen molar-refractivity contribution in [1.82, 2.24) is 9.97 Å². The molecule has 158 valence electrons. The number of carbonyl (C=O) groups excluding carboxylic acids is 1. The molecule has 0 aliphatic rings. The molecule has 0 saturated heterocycles. The molecule has 7 heteroatoms. The van der Waals surface area contributed by atoms with Crippen molar-refractivity contribution < 1.29 is 18.7 Å². The normalized spacial score (nSPS) is 13.3. The number of nitrogens with two attached hydrogens (primary N) is 1. The molecule has 0 saturated carbocycles. The van der Waals surface area contributed by atoms with Crippen LogP contribution < -0.4 is 10.5 Å². The number of primary amides is 1. The zero-order chi connectivity index (χ0) is 21.9. The predicted octanol–water partition coefficient (Wildman–Crippen LogP) is 5.02. The quantitative estimate of drug-likeness (QED) is 0.590. The van der Waals surface area contributed by atoms with Crippen LogP contribution in [0.15, 0.2) is 42.7 Å². The molecule has 30 heavy (non-hydrogen) atoms. The third-order valence-corrected chi connectivity index (χ3v) is 4.76. The van der Waals surface area contributed by atoms with Gasteiger partial charge in [0.2, 0.25) is 0 Å². The topological polar surface area (TPSA) is 87.3 Å². The van der Waals surface area contributed by atoms with Gasteiger partial charge < -0.3 is 15.2 Å².